The second kappa shape index (κ2) is 10.4. The summed E-state index contributed by atoms with van der Waals surface area (Å²) in [5, 5.41) is 9.16. The standard InChI is InChI=1S/C28H27F4N3O/c1-19-13-20(3-4-21(19)16-33)26-15-23(28(30,31)32)14-25(34-26)17-36-18-27(9-11-35(2)12-10-27)22-5-7-24(29)8-6-22/h3-8,13-15H,9-12,17-18H2,1-2H3. The lowest BCUT2D eigenvalue weighted by molar-refractivity contribution is -0.137. The molecule has 36 heavy (non-hydrogen) atoms. The highest BCUT2D eigenvalue weighted by Crippen LogP contribution is 2.37. The number of nitriles is 1. The van der Waals surface area contributed by atoms with Crippen molar-refractivity contribution in [2.45, 2.75) is 38.0 Å². The topological polar surface area (TPSA) is 49.1 Å². The molecule has 0 atom stereocenters. The van der Waals surface area contributed by atoms with Gasteiger partial charge in [-0.1, -0.05) is 18.2 Å². The van der Waals surface area contributed by atoms with Crippen LogP contribution in [0.2, 0.25) is 0 Å². The van der Waals surface area contributed by atoms with E-state index in [1.165, 1.54) is 12.1 Å². The van der Waals surface area contributed by atoms with Crippen LogP contribution in [0.4, 0.5) is 17.6 Å². The average Bonchev–Trinajstić information content (AvgIpc) is 2.85. The van der Waals surface area contributed by atoms with Crippen molar-refractivity contribution in [2.24, 2.45) is 0 Å². The van der Waals surface area contributed by atoms with Crippen molar-refractivity contribution in [1.82, 2.24) is 9.88 Å². The van der Waals surface area contributed by atoms with Crippen LogP contribution in [0.25, 0.3) is 11.3 Å². The third-order valence-corrected chi connectivity index (χ3v) is 6.88. The summed E-state index contributed by atoms with van der Waals surface area (Å²) in [4.78, 5) is 6.66. The number of pyridine rings is 1. The first kappa shape index (κ1) is 25.8. The molecule has 0 spiro atoms. The third kappa shape index (κ3) is 5.75. The number of likely N-dealkylation sites (tertiary alicyclic amines) is 1. The van der Waals surface area contributed by atoms with Gasteiger partial charge in [0, 0.05) is 11.0 Å². The molecular weight excluding hydrogens is 470 g/mol. The van der Waals surface area contributed by atoms with Crippen LogP contribution in [0.15, 0.2) is 54.6 Å². The van der Waals surface area contributed by atoms with Crippen molar-refractivity contribution >= 4 is 0 Å². The Morgan fingerprint density at radius 2 is 1.75 bits per heavy atom. The lowest BCUT2D eigenvalue weighted by Crippen LogP contribution is -2.43. The minimum Gasteiger partial charge on any atom is -0.374 e. The first-order valence-electron chi connectivity index (χ1n) is 11.7. The fourth-order valence-corrected chi connectivity index (χ4v) is 4.64. The van der Waals surface area contributed by atoms with E-state index in [0.717, 1.165) is 43.6 Å². The van der Waals surface area contributed by atoms with Gasteiger partial charge in [0.1, 0.15) is 5.82 Å². The van der Waals surface area contributed by atoms with E-state index in [2.05, 4.69) is 16.0 Å². The first-order valence-corrected chi connectivity index (χ1v) is 11.7. The number of rotatable bonds is 6. The second-order valence-electron chi connectivity index (χ2n) is 9.45. The maximum Gasteiger partial charge on any atom is 0.416 e. The van der Waals surface area contributed by atoms with Gasteiger partial charge in [-0.05, 0) is 87.4 Å². The maximum absolute atomic E-state index is 13.7. The van der Waals surface area contributed by atoms with Crippen LogP contribution in [0.5, 0.6) is 0 Å². The zero-order valence-corrected chi connectivity index (χ0v) is 20.2. The van der Waals surface area contributed by atoms with E-state index in [-0.39, 0.29) is 35.8 Å². The summed E-state index contributed by atoms with van der Waals surface area (Å²) in [5.74, 6) is -0.318. The molecule has 1 saturated heterocycles. The maximum atomic E-state index is 13.7. The molecule has 2 aromatic carbocycles. The van der Waals surface area contributed by atoms with Gasteiger partial charge < -0.3 is 9.64 Å². The molecule has 3 aromatic rings. The smallest absolute Gasteiger partial charge is 0.374 e. The van der Waals surface area contributed by atoms with Crippen LogP contribution < -0.4 is 0 Å². The molecule has 1 aliphatic heterocycles. The number of hydrogen-bond acceptors (Lipinski definition) is 4. The van der Waals surface area contributed by atoms with Crippen molar-refractivity contribution in [2.75, 3.05) is 26.7 Å². The number of halogens is 4. The number of ether oxygens (including phenoxy) is 1. The van der Waals surface area contributed by atoms with Gasteiger partial charge in [0.2, 0.25) is 0 Å². The normalized spacial score (nSPS) is 16.0. The van der Waals surface area contributed by atoms with Crippen LogP contribution in [0.3, 0.4) is 0 Å². The second-order valence-corrected chi connectivity index (χ2v) is 9.45. The van der Waals surface area contributed by atoms with Crippen molar-refractivity contribution < 1.29 is 22.3 Å². The Bertz CT molecular complexity index is 1260. The van der Waals surface area contributed by atoms with Gasteiger partial charge in [-0.2, -0.15) is 18.4 Å². The zero-order valence-electron chi connectivity index (χ0n) is 20.2. The molecule has 4 nitrogen and oxygen atoms in total. The Balaban J connectivity index is 1.59. The molecule has 1 aliphatic rings. The third-order valence-electron chi connectivity index (χ3n) is 6.88. The van der Waals surface area contributed by atoms with Gasteiger partial charge in [0.15, 0.2) is 0 Å². The van der Waals surface area contributed by atoms with Crippen LogP contribution in [-0.2, 0) is 22.9 Å². The predicted molar refractivity (Wildman–Crippen MR) is 129 cm³/mol. The number of piperidine rings is 1. The Kier molecular flexibility index (Phi) is 7.43. The van der Waals surface area contributed by atoms with Crippen molar-refractivity contribution in [1.29, 1.82) is 5.26 Å². The molecule has 4 rings (SSSR count). The Morgan fingerprint density at radius 3 is 2.36 bits per heavy atom. The fraction of sp³-hybridized carbons (Fsp3) is 0.357. The van der Waals surface area contributed by atoms with Gasteiger partial charge in [0.25, 0.3) is 0 Å². The van der Waals surface area contributed by atoms with Crippen molar-refractivity contribution in [3.05, 3.63) is 88.4 Å². The summed E-state index contributed by atoms with van der Waals surface area (Å²) in [5.41, 5.74) is 1.76. The molecule has 0 unspecified atom stereocenters. The Morgan fingerprint density at radius 1 is 1.06 bits per heavy atom. The highest BCUT2D eigenvalue weighted by molar-refractivity contribution is 5.63. The highest BCUT2D eigenvalue weighted by atomic mass is 19.4. The van der Waals surface area contributed by atoms with Gasteiger partial charge >= 0.3 is 6.18 Å². The van der Waals surface area contributed by atoms with Gasteiger partial charge in [-0.25, -0.2) is 4.39 Å². The number of benzene rings is 2. The van der Waals surface area contributed by atoms with E-state index in [9.17, 15) is 17.6 Å². The largest absolute Gasteiger partial charge is 0.416 e. The van der Waals surface area contributed by atoms with E-state index in [1.54, 1.807) is 37.3 Å². The lowest BCUT2D eigenvalue weighted by atomic mass is 9.73. The van der Waals surface area contributed by atoms with E-state index in [0.29, 0.717) is 16.7 Å². The molecule has 2 heterocycles. The monoisotopic (exact) mass is 497 g/mol. The molecule has 0 amide bonds. The van der Waals surface area contributed by atoms with Crippen LogP contribution in [-0.4, -0.2) is 36.6 Å². The molecule has 1 fully saturated rings. The van der Waals surface area contributed by atoms with E-state index >= 15 is 0 Å². The molecule has 0 N–H and O–H groups in total. The first-order chi connectivity index (χ1) is 17.1. The molecule has 188 valence electrons. The number of aryl methyl sites for hydroxylation is 1. The number of nitrogens with zero attached hydrogens (tertiary/aromatic N) is 3. The van der Waals surface area contributed by atoms with E-state index in [4.69, 9.17) is 10.00 Å². The van der Waals surface area contributed by atoms with Crippen molar-refractivity contribution in [3.63, 3.8) is 0 Å². The highest BCUT2D eigenvalue weighted by Gasteiger charge is 2.36. The van der Waals surface area contributed by atoms with Crippen LogP contribution in [0, 0.1) is 24.1 Å². The summed E-state index contributed by atoms with van der Waals surface area (Å²) >= 11 is 0. The molecule has 0 aliphatic carbocycles. The van der Waals surface area contributed by atoms with Gasteiger partial charge in [-0.15, -0.1) is 0 Å². The summed E-state index contributed by atoms with van der Waals surface area (Å²) in [7, 11) is 2.04. The van der Waals surface area contributed by atoms with Crippen LogP contribution >= 0.6 is 0 Å². The number of aromatic nitrogens is 1. The Hall–Kier alpha value is -3.28. The molecule has 0 radical (unpaired) electrons. The summed E-state index contributed by atoms with van der Waals surface area (Å²) in [6.07, 6.45) is -2.96. The quantitative estimate of drug-likeness (QED) is 0.377. The van der Waals surface area contributed by atoms with Gasteiger partial charge in [-0.3, -0.25) is 4.98 Å². The minimum atomic E-state index is -4.54. The molecule has 1 aromatic heterocycles. The molecular formula is C28H27F4N3O. The number of hydrogen-bond donors (Lipinski definition) is 0. The zero-order chi connectivity index (χ0) is 25.9. The van der Waals surface area contributed by atoms with Crippen molar-refractivity contribution in [3.8, 4) is 17.3 Å². The molecule has 0 saturated carbocycles. The SMILES string of the molecule is Cc1cc(-c2cc(C(F)(F)F)cc(COCC3(c4ccc(F)cc4)CCN(C)CC3)n2)ccc1C#N. The van der Waals surface area contributed by atoms with E-state index in [1.807, 2.05) is 7.05 Å². The number of alkyl halides is 3. The van der Waals surface area contributed by atoms with Crippen LogP contribution in [0.1, 0.15) is 40.8 Å². The molecule has 8 heteroatoms. The molecule has 0 bridgehead atoms. The lowest BCUT2D eigenvalue weighted by Gasteiger charge is -2.41. The average molecular weight is 498 g/mol. The Labute approximate surface area is 208 Å². The summed E-state index contributed by atoms with van der Waals surface area (Å²) in [6, 6.07) is 15.3. The van der Waals surface area contributed by atoms with Gasteiger partial charge in [0.05, 0.1) is 41.8 Å². The summed E-state index contributed by atoms with van der Waals surface area (Å²) in [6.45, 7) is 3.60. The van der Waals surface area contributed by atoms with E-state index < -0.39 is 11.7 Å². The minimum absolute atomic E-state index is 0.0923. The summed E-state index contributed by atoms with van der Waals surface area (Å²) < 4.78 is 60.6. The fourth-order valence-electron chi connectivity index (χ4n) is 4.64. The predicted octanol–water partition coefficient (Wildman–Crippen LogP) is 6.27.